The Morgan fingerprint density at radius 1 is 0.895 bits per heavy atom. The molecule has 4 fully saturated rings. The van der Waals surface area contributed by atoms with Crippen LogP contribution in [0.3, 0.4) is 0 Å². The molecule has 5 nitrogen and oxygen atoms in total. The number of hydrogen-bond acceptors (Lipinski definition) is 5. The molecule has 0 unspecified atom stereocenters. The van der Waals surface area contributed by atoms with Crippen molar-refractivity contribution < 1.29 is 23.9 Å². The van der Waals surface area contributed by atoms with Crippen molar-refractivity contribution in [3.05, 3.63) is 11.6 Å². The van der Waals surface area contributed by atoms with Crippen molar-refractivity contribution in [1.82, 2.24) is 0 Å². The molecule has 0 saturated heterocycles. The summed E-state index contributed by atoms with van der Waals surface area (Å²) in [5, 5.41) is 0. The number of esters is 2. The molecule has 0 spiro atoms. The molecular weight excluding hydrogens is 476 g/mol. The van der Waals surface area contributed by atoms with Gasteiger partial charge in [-0.2, -0.15) is 0 Å². The van der Waals surface area contributed by atoms with Gasteiger partial charge in [-0.15, -0.1) is 0 Å². The van der Waals surface area contributed by atoms with Gasteiger partial charge in [0.2, 0.25) is 0 Å². The molecule has 5 heteroatoms. The topological polar surface area (TPSA) is 69.7 Å². The van der Waals surface area contributed by atoms with Crippen LogP contribution >= 0.6 is 0 Å². The Hall–Kier alpha value is -1.65. The van der Waals surface area contributed by atoms with E-state index in [2.05, 4.69) is 54.5 Å². The lowest BCUT2D eigenvalue weighted by atomic mass is 9.33. The van der Waals surface area contributed by atoms with Crippen LogP contribution in [-0.2, 0) is 23.9 Å². The van der Waals surface area contributed by atoms with Gasteiger partial charge in [0.15, 0.2) is 5.78 Å². The van der Waals surface area contributed by atoms with Gasteiger partial charge in [-0.3, -0.25) is 14.4 Å². The fourth-order valence-corrected chi connectivity index (χ4v) is 11.0. The first-order chi connectivity index (χ1) is 17.5. The lowest BCUT2D eigenvalue weighted by molar-refractivity contribution is -0.210. The molecule has 0 radical (unpaired) electrons. The summed E-state index contributed by atoms with van der Waals surface area (Å²) in [5.41, 5.74) is 0.416. The molecule has 5 aliphatic carbocycles. The molecule has 0 aliphatic heterocycles. The Labute approximate surface area is 229 Å². The van der Waals surface area contributed by atoms with Gasteiger partial charge in [-0.05, 0) is 104 Å². The average molecular weight is 527 g/mol. The number of methoxy groups -OCH3 is 1. The van der Waals surface area contributed by atoms with Crippen LogP contribution in [0.5, 0.6) is 0 Å². The molecule has 5 rings (SSSR count). The fourth-order valence-electron chi connectivity index (χ4n) is 11.0. The van der Waals surface area contributed by atoms with Crippen LogP contribution in [0.2, 0.25) is 0 Å². The number of allylic oxidation sites excluding steroid dienone is 2. The molecule has 5 aliphatic rings. The summed E-state index contributed by atoms with van der Waals surface area (Å²) in [6.45, 7) is 17.7. The number of rotatable bonds is 2. The van der Waals surface area contributed by atoms with E-state index >= 15 is 0 Å². The van der Waals surface area contributed by atoms with E-state index in [9.17, 15) is 14.4 Å². The zero-order valence-corrected chi connectivity index (χ0v) is 25.3. The summed E-state index contributed by atoms with van der Waals surface area (Å²) in [6, 6.07) is 0. The van der Waals surface area contributed by atoms with E-state index in [1.165, 1.54) is 19.6 Å². The van der Waals surface area contributed by atoms with Crippen LogP contribution in [0.4, 0.5) is 0 Å². The molecule has 0 aromatic carbocycles. The molecule has 0 bridgehead atoms. The van der Waals surface area contributed by atoms with Crippen molar-refractivity contribution in [2.24, 2.45) is 50.2 Å². The number of ketones is 1. The first-order valence-corrected chi connectivity index (χ1v) is 15.0. The minimum absolute atomic E-state index is 0.0417. The van der Waals surface area contributed by atoms with E-state index in [0.717, 1.165) is 57.8 Å². The van der Waals surface area contributed by atoms with E-state index in [1.807, 2.05) is 0 Å². The first-order valence-electron chi connectivity index (χ1n) is 15.0. The minimum Gasteiger partial charge on any atom is -0.469 e. The third-order valence-electron chi connectivity index (χ3n) is 13.5. The lowest BCUT2D eigenvalue weighted by Crippen LogP contribution is -2.66. The van der Waals surface area contributed by atoms with Gasteiger partial charge in [0, 0.05) is 18.3 Å². The maximum atomic E-state index is 14.4. The Kier molecular flexibility index (Phi) is 6.19. The van der Waals surface area contributed by atoms with Crippen LogP contribution in [0.1, 0.15) is 113 Å². The number of carbonyl (C=O) groups is 3. The van der Waals surface area contributed by atoms with Crippen LogP contribution in [-0.4, -0.2) is 30.9 Å². The van der Waals surface area contributed by atoms with Crippen molar-refractivity contribution in [2.75, 3.05) is 7.11 Å². The lowest BCUT2D eigenvalue weighted by Gasteiger charge is -2.70. The third kappa shape index (κ3) is 3.51. The fraction of sp³-hybridized carbons (Fsp3) is 0.848. The minimum atomic E-state index is -0.498. The van der Waals surface area contributed by atoms with Crippen molar-refractivity contribution in [2.45, 2.75) is 119 Å². The van der Waals surface area contributed by atoms with E-state index in [4.69, 9.17) is 9.47 Å². The van der Waals surface area contributed by atoms with Crippen molar-refractivity contribution in [1.29, 1.82) is 0 Å². The Morgan fingerprint density at radius 3 is 2.18 bits per heavy atom. The number of fused-ring (bicyclic) bond motifs is 7. The van der Waals surface area contributed by atoms with Gasteiger partial charge in [-0.25, -0.2) is 0 Å². The molecule has 0 aromatic rings. The van der Waals surface area contributed by atoms with E-state index in [-0.39, 0.29) is 57.0 Å². The summed E-state index contributed by atoms with van der Waals surface area (Å²) in [6.07, 6.45) is 10.6. The van der Waals surface area contributed by atoms with Crippen molar-refractivity contribution >= 4 is 17.7 Å². The highest BCUT2D eigenvalue weighted by Crippen LogP contribution is 2.75. The second-order valence-electron chi connectivity index (χ2n) is 15.7. The Bertz CT molecular complexity index is 1090. The summed E-state index contributed by atoms with van der Waals surface area (Å²) in [4.78, 5) is 39.2. The van der Waals surface area contributed by atoms with Gasteiger partial charge in [0.25, 0.3) is 0 Å². The predicted octanol–water partition coefficient (Wildman–Crippen LogP) is 7.07. The summed E-state index contributed by atoms with van der Waals surface area (Å²) >= 11 is 0. The average Bonchev–Trinajstić information content (AvgIpc) is 2.82. The molecule has 4 saturated carbocycles. The SMILES string of the molecule is COC(=O)[C@@]1(C)CC[C@]2(C)CC[C@]3(C)C(=CC(=O)[C@@H]4[C@@]5(C)CC[C@H](OC(C)=O)C(C)(C)[C@@H]5CC[C@]43C)[C@H]2C1. The molecule has 0 amide bonds. The van der Waals surface area contributed by atoms with Crippen LogP contribution in [0.25, 0.3) is 0 Å². The highest BCUT2D eigenvalue weighted by Gasteiger charge is 2.70. The van der Waals surface area contributed by atoms with Gasteiger partial charge in [-0.1, -0.05) is 47.1 Å². The third-order valence-corrected chi connectivity index (χ3v) is 13.5. The standard InChI is InChI=1S/C33H50O5/c1-20(34)38-25-11-12-31(6)24(28(25,2)3)10-13-33(8)26(31)23(35)18-21-22-19-30(5,27(36)37-9)15-14-29(22,4)16-17-32(21,33)7/h18,22,24-26H,10-17,19H2,1-9H3/t22-,24+,25+,26-,29-,30+,31+,32-,33-/m1/s1. The monoisotopic (exact) mass is 526 g/mol. The Balaban J connectivity index is 1.57. The first kappa shape index (κ1) is 27.9. The largest absolute Gasteiger partial charge is 0.469 e. The van der Waals surface area contributed by atoms with Gasteiger partial charge in [0.05, 0.1) is 12.5 Å². The second-order valence-corrected chi connectivity index (χ2v) is 15.7. The van der Waals surface area contributed by atoms with Gasteiger partial charge < -0.3 is 9.47 Å². The molecule has 212 valence electrons. The summed E-state index contributed by atoms with van der Waals surface area (Å²) in [7, 11) is 1.50. The second kappa shape index (κ2) is 8.43. The predicted molar refractivity (Wildman–Crippen MR) is 147 cm³/mol. The molecule has 0 N–H and O–H groups in total. The van der Waals surface area contributed by atoms with E-state index in [1.54, 1.807) is 0 Å². The van der Waals surface area contributed by atoms with Crippen molar-refractivity contribution in [3.63, 3.8) is 0 Å². The molecule has 0 aromatic heterocycles. The van der Waals surface area contributed by atoms with Crippen LogP contribution in [0, 0.1) is 50.2 Å². The molecular formula is C33H50O5. The van der Waals surface area contributed by atoms with Crippen LogP contribution in [0.15, 0.2) is 11.6 Å². The Morgan fingerprint density at radius 2 is 1.55 bits per heavy atom. The smallest absolute Gasteiger partial charge is 0.311 e. The number of carbonyl (C=O) groups excluding carboxylic acids is 3. The normalized spacial score (nSPS) is 49.4. The highest BCUT2D eigenvalue weighted by atomic mass is 16.5. The molecule has 0 heterocycles. The van der Waals surface area contributed by atoms with Gasteiger partial charge in [0.1, 0.15) is 6.10 Å². The molecule has 38 heavy (non-hydrogen) atoms. The quantitative estimate of drug-likeness (QED) is 0.360. The van der Waals surface area contributed by atoms with E-state index in [0.29, 0.717) is 11.7 Å². The number of ether oxygens (including phenoxy) is 2. The zero-order valence-electron chi connectivity index (χ0n) is 25.3. The van der Waals surface area contributed by atoms with Gasteiger partial charge >= 0.3 is 11.9 Å². The van der Waals surface area contributed by atoms with Crippen molar-refractivity contribution in [3.8, 4) is 0 Å². The summed E-state index contributed by atoms with van der Waals surface area (Å²) in [5.74, 6) is 0.474. The number of hydrogen-bond donors (Lipinski definition) is 0. The highest BCUT2D eigenvalue weighted by molar-refractivity contribution is 5.95. The zero-order chi connectivity index (χ0) is 28.1. The maximum absolute atomic E-state index is 14.4. The van der Waals surface area contributed by atoms with E-state index < -0.39 is 5.41 Å². The molecule has 9 atom stereocenters. The maximum Gasteiger partial charge on any atom is 0.311 e. The summed E-state index contributed by atoms with van der Waals surface area (Å²) < 4.78 is 11.1. The van der Waals surface area contributed by atoms with Crippen LogP contribution < -0.4 is 0 Å².